The van der Waals surface area contributed by atoms with Crippen LogP contribution in [0.3, 0.4) is 0 Å². The summed E-state index contributed by atoms with van der Waals surface area (Å²) in [4.78, 5) is 0. The van der Waals surface area contributed by atoms with Gasteiger partial charge in [0.15, 0.2) is 0 Å². The van der Waals surface area contributed by atoms with E-state index in [0.29, 0.717) is 6.42 Å². The van der Waals surface area contributed by atoms with Gasteiger partial charge in [0.1, 0.15) is 0 Å². The van der Waals surface area contributed by atoms with Gasteiger partial charge >= 0.3 is 0 Å². The molecule has 1 N–H and O–H groups in total. The molecule has 0 amide bonds. The van der Waals surface area contributed by atoms with Gasteiger partial charge in [-0.05, 0) is 46.4 Å². The molecular formula is C16H15IN2O. The second kappa shape index (κ2) is 5.54. The minimum Gasteiger partial charge on any atom is -0.388 e. The topological polar surface area (TPSA) is 38.0 Å². The molecule has 3 rings (SSSR count). The maximum absolute atomic E-state index is 10.4. The van der Waals surface area contributed by atoms with Gasteiger partial charge in [-0.1, -0.05) is 30.3 Å². The summed E-state index contributed by atoms with van der Waals surface area (Å²) in [6, 6.07) is 16.1. The number of hydrogen-bond donors (Lipinski definition) is 1. The number of para-hydroxylation sites is 1. The standard InChI is InChI=1S/C16H15IN2O/c1-19-15-8-3-2-7-13(15)14(18-19)10-16(20)11-5-4-6-12(17)9-11/h2-9,16,20H,10H2,1H3. The molecular weight excluding hydrogens is 363 g/mol. The molecule has 0 aliphatic carbocycles. The zero-order valence-corrected chi connectivity index (χ0v) is 13.3. The van der Waals surface area contributed by atoms with E-state index in [-0.39, 0.29) is 0 Å². The lowest BCUT2D eigenvalue weighted by molar-refractivity contribution is 0.177. The lowest BCUT2D eigenvalue weighted by Gasteiger charge is -2.10. The Morgan fingerprint density at radius 2 is 2.00 bits per heavy atom. The van der Waals surface area contributed by atoms with E-state index in [0.717, 1.165) is 25.7 Å². The minimum absolute atomic E-state index is 0.525. The molecule has 0 aliphatic rings. The van der Waals surface area contributed by atoms with Crippen LogP contribution in [0.15, 0.2) is 48.5 Å². The molecule has 3 aromatic rings. The van der Waals surface area contributed by atoms with E-state index in [1.54, 1.807) is 0 Å². The summed E-state index contributed by atoms with van der Waals surface area (Å²) in [5.74, 6) is 0. The number of aliphatic hydroxyl groups excluding tert-OH is 1. The second-order valence-electron chi connectivity index (χ2n) is 4.86. The zero-order valence-electron chi connectivity index (χ0n) is 11.1. The molecule has 1 heterocycles. The van der Waals surface area contributed by atoms with Gasteiger partial charge in [0.2, 0.25) is 0 Å². The summed E-state index contributed by atoms with van der Waals surface area (Å²) in [5.41, 5.74) is 2.97. The SMILES string of the molecule is Cn1nc(CC(O)c2cccc(I)c2)c2ccccc21. The first-order valence-electron chi connectivity index (χ1n) is 6.49. The number of nitrogens with zero attached hydrogens (tertiary/aromatic N) is 2. The summed E-state index contributed by atoms with van der Waals surface area (Å²) in [6.07, 6.45) is 0.00423. The molecule has 1 unspecified atom stereocenters. The summed E-state index contributed by atoms with van der Waals surface area (Å²) < 4.78 is 3.00. The van der Waals surface area contributed by atoms with Crippen molar-refractivity contribution in [2.24, 2.45) is 7.05 Å². The van der Waals surface area contributed by atoms with Gasteiger partial charge < -0.3 is 5.11 Å². The van der Waals surface area contributed by atoms with E-state index in [4.69, 9.17) is 0 Å². The lowest BCUT2D eigenvalue weighted by atomic mass is 10.0. The van der Waals surface area contributed by atoms with Gasteiger partial charge in [-0.2, -0.15) is 5.10 Å². The van der Waals surface area contributed by atoms with E-state index >= 15 is 0 Å². The summed E-state index contributed by atoms with van der Waals surface area (Å²) in [5, 5.41) is 16.1. The molecule has 0 saturated heterocycles. The van der Waals surface area contributed by atoms with E-state index in [1.165, 1.54) is 0 Å². The molecule has 1 atom stereocenters. The minimum atomic E-state index is -0.525. The number of hydrogen-bond acceptors (Lipinski definition) is 2. The lowest BCUT2D eigenvalue weighted by Crippen LogP contribution is -2.03. The number of rotatable bonds is 3. The van der Waals surface area contributed by atoms with E-state index < -0.39 is 6.10 Å². The normalized spacial score (nSPS) is 12.8. The monoisotopic (exact) mass is 378 g/mol. The average Bonchev–Trinajstić information content (AvgIpc) is 2.76. The Hall–Kier alpha value is -1.40. The summed E-state index contributed by atoms with van der Waals surface area (Å²) in [6.45, 7) is 0. The highest BCUT2D eigenvalue weighted by atomic mass is 127. The number of fused-ring (bicyclic) bond motifs is 1. The highest BCUT2D eigenvalue weighted by Gasteiger charge is 2.14. The molecule has 102 valence electrons. The van der Waals surface area contributed by atoms with Gasteiger partial charge in [-0.15, -0.1) is 0 Å². The predicted molar refractivity (Wildman–Crippen MR) is 88.5 cm³/mol. The molecule has 0 radical (unpaired) electrons. The van der Waals surface area contributed by atoms with Gasteiger partial charge in [-0.25, -0.2) is 0 Å². The van der Waals surface area contributed by atoms with Crippen LogP contribution in [0, 0.1) is 3.57 Å². The van der Waals surface area contributed by atoms with Crippen molar-refractivity contribution >= 4 is 33.5 Å². The molecule has 3 nitrogen and oxygen atoms in total. The number of halogens is 1. The third kappa shape index (κ3) is 2.58. The van der Waals surface area contributed by atoms with E-state index in [1.807, 2.05) is 54.2 Å². The van der Waals surface area contributed by atoms with Crippen molar-refractivity contribution in [1.82, 2.24) is 9.78 Å². The summed E-state index contributed by atoms with van der Waals surface area (Å²) >= 11 is 2.26. The molecule has 2 aromatic carbocycles. The number of benzene rings is 2. The molecule has 0 saturated carbocycles. The number of aliphatic hydroxyl groups is 1. The quantitative estimate of drug-likeness (QED) is 0.709. The van der Waals surface area contributed by atoms with Crippen LogP contribution >= 0.6 is 22.6 Å². The molecule has 0 spiro atoms. The fourth-order valence-electron chi connectivity index (χ4n) is 2.45. The molecule has 0 fully saturated rings. The van der Waals surface area contributed by atoms with Gasteiger partial charge in [0, 0.05) is 22.4 Å². The predicted octanol–water partition coefficient (Wildman–Crippen LogP) is 3.45. The van der Waals surface area contributed by atoms with Crippen molar-refractivity contribution in [3.63, 3.8) is 0 Å². The van der Waals surface area contributed by atoms with Crippen molar-refractivity contribution in [3.05, 3.63) is 63.4 Å². The highest BCUT2D eigenvalue weighted by molar-refractivity contribution is 14.1. The van der Waals surface area contributed by atoms with Gasteiger partial charge in [-0.3, -0.25) is 4.68 Å². The van der Waals surface area contributed by atoms with Crippen LogP contribution in [0.4, 0.5) is 0 Å². The fraction of sp³-hybridized carbons (Fsp3) is 0.188. The molecule has 4 heteroatoms. The van der Waals surface area contributed by atoms with Crippen LogP contribution in [0.5, 0.6) is 0 Å². The largest absolute Gasteiger partial charge is 0.388 e. The van der Waals surface area contributed by atoms with Crippen molar-refractivity contribution in [1.29, 1.82) is 0 Å². The van der Waals surface area contributed by atoms with Crippen LogP contribution < -0.4 is 0 Å². The smallest absolute Gasteiger partial charge is 0.0846 e. The number of aryl methyl sites for hydroxylation is 1. The Kier molecular flexibility index (Phi) is 3.76. The first-order valence-corrected chi connectivity index (χ1v) is 7.57. The van der Waals surface area contributed by atoms with Crippen molar-refractivity contribution in [3.8, 4) is 0 Å². The molecule has 20 heavy (non-hydrogen) atoms. The third-order valence-corrected chi connectivity index (χ3v) is 4.13. The summed E-state index contributed by atoms with van der Waals surface area (Å²) in [7, 11) is 1.93. The average molecular weight is 378 g/mol. The maximum atomic E-state index is 10.4. The van der Waals surface area contributed by atoms with Crippen LogP contribution in [-0.2, 0) is 13.5 Å². The van der Waals surface area contributed by atoms with Crippen LogP contribution in [0.2, 0.25) is 0 Å². The van der Waals surface area contributed by atoms with Crippen molar-refractivity contribution in [2.45, 2.75) is 12.5 Å². The third-order valence-electron chi connectivity index (χ3n) is 3.45. The van der Waals surface area contributed by atoms with Crippen LogP contribution in [0.25, 0.3) is 10.9 Å². The van der Waals surface area contributed by atoms with E-state index in [9.17, 15) is 5.11 Å². The Balaban J connectivity index is 1.93. The Morgan fingerprint density at radius 3 is 2.80 bits per heavy atom. The maximum Gasteiger partial charge on any atom is 0.0846 e. The molecule has 0 aliphatic heterocycles. The Labute approximate surface area is 131 Å². The first kappa shape index (κ1) is 13.6. The van der Waals surface area contributed by atoms with Gasteiger partial charge in [0.25, 0.3) is 0 Å². The Bertz CT molecular complexity index is 751. The van der Waals surface area contributed by atoms with Crippen molar-refractivity contribution < 1.29 is 5.11 Å². The zero-order chi connectivity index (χ0) is 14.1. The van der Waals surface area contributed by atoms with E-state index in [2.05, 4.69) is 33.8 Å². The molecule has 1 aromatic heterocycles. The van der Waals surface area contributed by atoms with Crippen molar-refractivity contribution in [2.75, 3.05) is 0 Å². The Morgan fingerprint density at radius 1 is 1.20 bits per heavy atom. The number of aromatic nitrogens is 2. The van der Waals surface area contributed by atoms with Gasteiger partial charge in [0.05, 0.1) is 17.3 Å². The second-order valence-corrected chi connectivity index (χ2v) is 6.11. The van der Waals surface area contributed by atoms with Crippen LogP contribution in [0.1, 0.15) is 17.4 Å². The van der Waals surface area contributed by atoms with Crippen LogP contribution in [-0.4, -0.2) is 14.9 Å². The fourth-order valence-corrected chi connectivity index (χ4v) is 3.02. The molecule has 0 bridgehead atoms. The highest BCUT2D eigenvalue weighted by Crippen LogP contribution is 2.24. The first-order chi connectivity index (χ1) is 9.65.